The molecule has 5 nitrogen and oxygen atoms in total. The van der Waals surface area contributed by atoms with Crippen LogP contribution in [0.15, 0.2) is 30.6 Å². The maximum absolute atomic E-state index is 4.61. The molecule has 2 aromatic rings. The van der Waals surface area contributed by atoms with E-state index in [-0.39, 0.29) is 0 Å². The minimum absolute atomic E-state index is 0.911. The first-order valence-electron chi connectivity index (χ1n) is 6.80. The molecule has 0 aliphatic carbocycles. The van der Waals surface area contributed by atoms with E-state index in [1.807, 2.05) is 30.6 Å². The number of hydrogen-bond acceptors (Lipinski definition) is 4. The van der Waals surface area contributed by atoms with E-state index in [1.165, 1.54) is 0 Å². The van der Waals surface area contributed by atoms with Gasteiger partial charge in [0.2, 0.25) is 0 Å². The van der Waals surface area contributed by atoms with E-state index >= 15 is 0 Å². The van der Waals surface area contributed by atoms with Crippen molar-refractivity contribution in [2.45, 2.75) is 6.42 Å². The van der Waals surface area contributed by atoms with E-state index in [9.17, 15) is 0 Å². The molecular formula is C14H19N5. The summed E-state index contributed by atoms with van der Waals surface area (Å²) < 4.78 is 0. The molecule has 1 saturated heterocycles. The number of nitrogens with one attached hydrogen (secondary N) is 2. The summed E-state index contributed by atoms with van der Waals surface area (Å²) in [5.74, 6) is 0.922. The first-order valence-corrected chi connectivity index (χ1v) is 6.80. The smallest absolute Gasteiger partial charge is 0.130 e. The highest BCUT2D eigenvalue weighted by Gasteiger charge is 2.10. The number of H-pyrrole nitrogens is 1. The predicted octanol–water partition coefficient (Wildman–Crippen LogP) is 0.919. The monoisotopic (exact) mass is 257 g/mol. The van der Waals surface area contributed by atoms with Crippen molar-refractivity contribution in [3.8, 4) is 11.4 Å². The third kappa shape index (κ3) is 3.19. The van der Waals surface area contributed by atoms with E-state index in [4.69, 9.17) is 0 Å². The lowest BCUT2D eigenvalue weighted by atomic mass is 10.2. The molecule has 3 rings (SSSR count). The van der Waals surface area contributed by atoms with E-state index in [0.717, 1.165) is 56.4 Å². The summed E-state index contributed by atoms with van der Waals surface area (Å²) in [6.45, 7) is 5.45. The van der Waals surface area contributed by atoms with Crippen LogP contribution in [0.2, 0.25) is 0 Å². The molecule has 100 valence electrons. The van der Waals surface area contributed by atoms with E-state index in [2.05, 4.69) is 25.2 Å². The highest BCUT2D eigenvalue weighted by molar-refractivity contribution is 5.53. The van der Waals surface area contributed by atoms with Crippen molar-refractivity contribution in [2.24, 2.45) is 0 Å². The van der Waals surface area contributed by atoms with Gasteiger partial charge in [0, 0.05) is 51.5 Å². The average molecular weight is 257 g/mol. The summed E-state index contributed by atoms with van der Waals surface area (Å²) in [4.78, 5) is 14.6. The second-order valence-corrected chi connectivity index (χ2v) is 4.78. The molecule has 1 aliphatic rings. The Bertz CT molecular complexity index is 502. The Balaban J connectivity index is 1.63. The summed E-state index contributed by atoms with van der Waals surface area (Å²) in [6.07, 6.45) is 4.67. The Morgan fingerprint density at radius 2 is 2.11 bits per heavy atom. The van der Waals surface area contributed by atoms with Gasteiger partial charge in [-0.2, -0.15) is 0 Å². The van der Waals surface area contributed by atoms with Gasteiger partial charge in [-0.3, -0.25) is 0 Å². The van der Waals surface area contributed by atoms with Crippen molar-refractivity contribution in [3.05, 3.63) is 36.4 Å². The zero-order valence-corrected chi connectivity index (χ0v) is 11.0. The molecule has 2 aromatic heterocycles. The van der Waals surface area contributed by atoms with Crippen LogP contribution in [0.4, 0.5) is 0 Å². The molecule has 19 heavy (non-hydrogen) atoms. The number of aromatic nitrogens is 3. The summed E-state index contributed by atoms with van der Waals surface area (Å²) in [5.41, 5.74) is 2.01. The number of nitrogens with zero attached hydrogens (tertiary/aromatic N) is 3. The predicted molar refractivity (Wildman–Crippen MR) is 74.8 cm³/mol. The van der Waals surface area contributed by atoms with Crippen LogP contribution in [-0.2, 0) is 6.42 Å². The average Bonchev–Trinajstić information content (AvgIpc) is 3.01. The minimum Gasteiger partial charge on any atom is -0.360 e. The normalized spacial score (nSPS) is 16.6. The van der Waals surface area contributed by atoms with Crippen LogP contribution < -0.4 is 5.32 Å². The summed E-state index contributed by atoms with van der Waals surface area (Å²) in [7, 11) is 0. The molecule has 0 amide bonds. The second-order valence-electron chi connectivity index (χ2n) is 4.78. The maximum Gasteiger partial charge on any atom is 0.130 e. The van der Waals surface area contributed by atoms with Crippen LogP contribution in [0, 0.1) is 0 Å². The van der Waals surface area contributed by atoms with Gasteiger partial charge < -0.3 is 15.2 Å². The van der Waals surface area contributed by atoms with E-state index < -0.39 is 0 Å². The molecule has 3 heterocycles. The lowest BCUT2D eigenvalue weighted by molar-refractivity contribution is 0.242. The fraction of sp³-hybridized carbons (Fsp3) is 0.429. The fourth-order valence-corrected chi connectivity index (χ4v) is 2.35. The van der Waals surface area contributed by atoms with Crippen LogP contribution in [0.5, 0.6) is 0 Å². The molecule has 0 bridgehead atoms. The first kappa shape index (κ1) is 12.3. The van der Waals surface area contributed by atoms with Gasteiger partial charge in [-0.1, -0.05) is 0 Å². The Labute approximate surface area is 113 Å². The molecule has 0 unspecified atom stereocenters. The standard InChI is InChI=1S/C14H19N5/c1-2-12(16-5-1)13-3-6-17-14(18-13)4-9-19-10-7-15-8-11-19/h1-3,5-6,15-16H,4,7-11H2. The van der Waals surface area contributed by atoms with Crippen LogP contribution in [-0.4, -0.2) is 52.6 Å². The zero-order chi connectivity index (χ0) is 12.9. The van der Waals surface area contributed by atoms with Gasteiger partial charge in [0.25, 0.3) is 0 Å². The Morgan fingerprint density at radius 3 is 2.89 bits per heavy atom. The van der Waals surface area contributed by atoms with Gasteiger partial charge >= 0.3 is 0 Å². The molecule has 0 saturated carbocycles. The Hall–Kier alpha value is -1.72. The largest absolute Gasteiger partial charge is 0.360 e. The molecule has 0 aromatic carbocycles. The van der Waals surface area contributed by atoms with Crippen molar-refractivity contribution in [2.75, 3.05) is 32.7 Å². The minimum atomic E-state index is 0.911. The summed E-state index contributed by atoms with van der Waals surface area (Å²) in [5, 5.41) is 3.36. The Kier molecular flexibility index (Phi) is 3.86. The van der Waals surface area contributed by atoms with Gasteiger partial charge in [-0.25, -0.2) is 9.97 Å². The molecule has 0 spiro atoms. The molecule has 1 fully saturated rings. The molecule has 2 N–H and O–H groups in total. The van der Waals surface area contributed by atoms with Crippen LogP contribution in [0.25, 0.3) is 11.4 Å². The van der Waals surface area contributed by atoms with Crippen molar-refractivity contribution < 1.29 is 0 Å². The SMILES string of the molecule is c1c[nH]c(-c2ccnc(CCN3CCNCC3)n2)c1. The van der Waals surface area contributed by atoms with Crippen molar-refractivity contribution in [1.29, 1.82) is 0 Å². The first-order chi connectivity index (χ1) is 9.42. The number of hydrogen-bond donors (Lipinski definition) is 2. The molecule has 0 radical (unpaired) electrons. The van der Waals surface area contributed by atoms with Crippen molar-refractivity contribution >= 4 is 0 Å². The summed E-state index contributed by atoms with van der Waals surface area (Å²) in [6, 6.07) is 5.96. The van der Waals surface area contributed by atoms with Crippen molar-refractivity contribution in [3.63, 3.8) is 0 Å². The third-order valence-corrected chi connectivity index (χ3v) is 3.44. The number of aromatic amines is 1. The Morgan fingerprint density at radius 1 is 1.21 bits per heavy atom. The van der Waals surface area contributed by atoms with Gasteiger partial charge in [0.15, 0.2) is 0 Å². The summed E-state index contributed by atoms with van der Waals surface area (Å²) >= 11 is 0. The van der Waals surface area contributed by atoms with Crippen LogP contribution >= 0.6 is 0 Å². The zero-order valence-electron chi connectivity index (χ0n) is 11.0. The number of rotatable bonds is 4. The highest BCUT2D eigenvalue weighted by atomic mass is 15.2. The van der Waals surface area contributed by atoms with Gasteiger partial charge in [0.1, 0.15) is 5.82 Å². The quantitative estimate of drug-likeness (QED) is 0.855. The maximum atomic E-state index is 4.61. The lowest BCUT2D eigenvalue weighted by Crippen LogP contribution is -2.44. The highest BCUT2D eigenvalue weighted by Crippen LogP contribution is 2.13. The fourth-order valence-electron chi connectivity index (χ4n) is 2.35. The second kappa shape index (κ2) is 5.95. The van der Waals surface area contributed by atoms with Gasteiger partial charge in [-0.15, -0.1) is 0 Å². The number of piperazine rings is 1. The van der Waals surface area contributed by atoms with E-state index in [1.54, 1.807) is 0 Å². The molecule has 5 heteroatoms. The molecule has 0 atom stereocenters. The van der Waals surface area contributed by atoms with Gasteiger partial charge in [-0.05, 0) is 18.2 Å². The van der Waals surface area contributed by atoms with Crippen LogP contribution in [0.1, 0.15) is 5.82 Å². The van der Waals surface area contributed by atoms with Gasteiger partial charge in [0.05, 0.1) is 11.4 Å². The topological polar surface area (TPSA) is 56.8 Å². The third-order valence-electron chi connectivity index (χ3n) is 3.44. The lowest BCUT2D eigenvalue weighted by Gasteiger charge is -2.26. The van der Waals surface area contributed by atoms with E-state index in [0.29, 0.717) is 0 Å². The van der Waals surface area contributed by atoms with Crippen LogP contribution in [0.3, 0.4) is 0 Å². The molecule has 1 aliphatic heterocycles. The molecular weight excluding hydrogens is 238 g/mol. The van der Waals surface area contributed by atoms with Crippen molar-refractivity contribution in [1.82, 2.24) is 25.2 Å².